The third-order valence-electron chi connectivity index (χ3n) is 4.36. The van der Waals surface area contributed by atoms with Gasteiger partial charge in [-0.05, 0) is 42.2 Å². The number of phenols is 1. The molecule has 2 aromatic carbocycles. The number of rotatable bonds is 4. The van der Waals surface area contributed by atoms with Crippen molar-refractivity contribution in [2.45, 2.75) is 33.1 Å². The first-order valence-electron chi connectivity index (χ1n) is 8.75. The van der Waals surface area contributed by atoms with E-state index in [2.05, 4.69) is 32.9 Å². The summed E-state index contributed by atoms with van der Waals surface area (Å²) in [5.41, 5.74) is 2.83. The Hall–Kier alpha value is -2.75. The first-order valence-corrected chi connectivity index (χ1v) is 8.75. The van der Waals surface area contributed by atoms with Crippen molar-refractivity contribution in [2.75, 3.05) is 13.7 Å². The second-order valence-corrected chi connectivity index (χ2v) is 7.26. The van der Waals surface area contributed by atoms with Crippen LogP contribution in [0.2, 0.25) is 0 Å². The maximum atomic E-state index is 9.82. The number of hydrogen-bond donors (Lipinski definition) is 1. The van der Waals surface area contributed by atoms with E-state index in [-0.39, 0.29) is 11.2 Å². The van der Waals surface area contributed by atoms with Gasteiger partial charge in [-0.3, -0.25) is 0 Å². The number of methoxy groups -OCH3 is 1. The van der Waals surface area contributed by atoms with Crippen molar-refractivity contribution in [2.24, 2.45) is 0 Å². The maximum Gasteiger partial charge on any atom is 0.364 e. The number of ether oxygens (including phenoxy) is 2. The molecule has 1 N–H and O–H groups in total. The lowest BCUT2D eigenvalue weighted by atomic mass is 9.86. The molecule has 0 atom stereocenters. The molecule has 0 aliphatic rings. The SMILES string of the molecule is CCOc1cc(-c2ccc(O)c(OC)c2)[o+]c2ccc(C(C)(C)C)cc12. The minimum absolute atomic E-state index is 0.0423. The Morgan fingerprint density at radius 1 is 1.00 bits per heavy atom. The summed E-state index contributed by atoms with van der Waals surface area (Å²) in [7, 11) is 1.52. The molecule has 4 nitrogen and oxygen atoms in total. The Morgan fingerprint density at radius 3 is 2.42 bits per heavy atom. The van der Waals surface area contributed by atoms with Gasteiger partial charge in [0, 0.05) is 12.1 Å². The second kappa shape index (κ2) is 6.87. The molecule has 0 aliphatic heterocycles. The summed E-state index contributed by atoms with van der Waals surface area (Å²) in [4.78, 5) is 0. The van der Waals surface area contributed by atoms with Crippen LogP contribution in [0.25, 0.3) is 22.3 Å². The average molecular weight is 353 g/mol. The van der Waals surface area contributed by atoms with Crippen LogP contribution in [0, 0.1) is 0 Å². The van der Waals surface area contributed by atoms with Crippen LogP contribution in [0.5, 0.6) is 17.2 Å². The summed E-state index contributed by atoms with van der Waals surface area (Å²) >= 11 is 0. The number of hydrogen-bond acceptors (Lipinski definition) is 3. The van der Waals surface area contributed by atoms with Crippen LogP contribution >= 0.6 is 0 Å². The van der Waals surface area contributed by atoms with E-state index in [4.69, 9.17) is 13.9 Å². The van der Waals surface area contributed by atoms with Crippen molar-refractivity contribution in [3.63, 3.8) is 0 Å². The molecule has 0 unspecified atom stereocenters. The van der Waals surface area contributed by atoms with Crippen LogP contribution in [0.15, 0.2) is 46.9 Å². The molecule has 4 heteroatoms. The monoisotopic (exact) mass is 353 g/mol. The Bertz CT molecular complexity index is 939. The van der Waals surface area contributed by atoms with Crippen LogP contribution in [-0.4, -0.2) is 18.8 Å². The van der Waals surface area contributed by atoms with E-state index in [0.717, 1.165) is 22.3 Å². The van der Waals surface area contributed by atoms with Gasteiger partial charge in [-0.1, -0.05) is 20.8 Å². The van der Waals surface area contributed by atoms with E-state index in [0.29, 0.717) is 18.1 Å². The molecule has 0 aliphatic carbocycles. The number of phenolic OH excluding ortho intramolecular Hbond substituents is 1. The molecule has 1 aromatic heterocycles. The fourth-order valence-electron chi connectivity index (χ4n) is 2.87. The van der Waals surface area contributed by atoms with Gasteiger partial charge < -0.3 is 14.6 Å². The standard InChI is InChI=1S/C22H24O4/c1-6-25-20-13-19(14-7-9-17(23)21(11-14)24-5)26-18-10-8-15(12-16(18)20)22(2,3)4/h7-13H,6H2,1-5H3/p+1. The smallest absolute Gasteiger partial charge is 0.364 e. The first kappa shape index (κ1) is 18.1. The fraction of sp³-hybridized carbons (Fsp3) is 0.318. The first-order chi connectivity index (χ1) is 12.3. The van der Waals surface area contributed by atoms with Crippen LogP contribution in [0.4, 0.5) is 0 Å². The molecule has 1 heterocycles. The van der Waals surface area contributed by atoms with E-state index >= 15 is 0 Å². The molecule has 3 rings (SSSR count). The highest BCUT2D eigenvalue weighted by molar-refractivity contribution is 5.86. The highest BCUT2D eigenvalue weighted by atomic mass is 16.5. The highest BCUT2D eigenvalue weighted by Gasteiger charge is 2.23. The van der Waals surface area contributed by atoms with Gasteiger partial charge in [-0.25, -0.2) is 4.42 Å². The lowest BCUT2D eigenvalue weighted by molar-refractivity contribution is 0.342. The zero-order valence-electron chi connectivity index (χ0n) is 15.9. The molecule has 0 saturated heterocycles. The quantitative estimate of drug-likeness (QED) is 0.603. The Kier molecular flexibility index (Phi) is 4.77. The Balaban J connectivity index is 2.19. The summed E-state index contributed by atoms with van der Waals surface area (Å²) in [5.74, 6) is 1.93. The summed E-state index contributed by atoms with van der Waals surface area (Å²) < 4.78 is 17.2. The molecule has 0 spiro atoms. The molecule has 3 aromatic rings. The predicted octanol–water partition coefficient (Wildman–Crippen LogP) is 5.79. The van der Waals surface area contributed by atoms with E-state index in [1.165, 1.54) is 12.7 Å². The predicted molar refractivity (Wildman–Crippen MR) is 104 cm³/mol. The van der Waals surface area contributed by atoms with Crippen molar-refractivity contribution in [1.29, 1.82) is 0 Å². The van der Waals surface area contributed by atoms with Crippen LogP contribution in [0.1, 0.15) is 33.3 Å². The summed E-state index contributed by atoms with van der Waals surface area (Å²) in [6.07, 6.45) is 0. The largest absolute Gasteiger partial charge is 0.504 e. The molecule has 0 bridgehead atoms. The van der Waals surface area contributed by atoms with E-state index < -0.39 is 0 Å². The lowest BCUT2D eigenvalue weighted by Crippen LogP contribution is -2.10. The zero-order valence-corrected chi connectivity index (χ0v) is 15.9. The van der Waals surface area contributed by atoms with Gasteiger partial charge in [0.25, 0.3) is 0 Å². The van der Waals surface area contributed by atoms with Crippen molar-refractivity contribution in [3.05, 3.63) is 48.0 Å². The topological polar surface area (TPSA) is 50.0 Å². The van der Waals surface area contributed by atoms with Crippen LogP contribution in [0.3, 0.4) is 0 Å². The van der Waals surface area contributed by atoms with Crippen molar-refractivity contribution in [1.82, 2.24) is 0 Å². The third-order valence-corrected chi connectivity index (χ3v) is 4.36. The van der Waals surface area contributed by atoms with Crippen LogP contribution < -0.4 is 9.47 Å². The van der Waals surface area contributed by atoms with Gasteiger partial charge in [-0.15, -0.1) is 0 Å². The van der Waals surface area contributed by atoms with Crippen LogP contribution in [-0.2, 0) is 5.41 Å². The fourth-order valence-corrected chi connectivity index (χ4v) is 2.87. The van der Waals surface area contributed by atoms with Gasteiger partial charge >= 0.3 is 11.3 Å². The molecule has 0 amide bonds. The van der Waals surface area contributed by atoms with E-state index in [1.54, 1.807) is 18.2 Å². The number of fused-ring (bicyclic) bond motifs is 1. The van der Waals surface area contributed by atoms with Crippen molar-refractivity contribution < 1.29 is 19.0 Å². The molecule has 0 radical (unpaired) electrons. The third kappa shape index (κ3) is 3.45. The van der Waals surface area contributed by atoms with Gasteiger partial charge in [0.05, 0.1) is 25.3 Å². The minimum Gasteiger partial charge on any atom is -0.504 e. The van der Waals surface area contributed by atoms with E-state index in [1.807, 2.05) is 19.1 Å². The Labute approximate surface area is 154 Å². The van der Waals surface area contributed by atoms with Crippen molar-refractivity contribution in [3.8, 4) is 28.6 Å². The lowest BCUT2D eigenvalue weighted by Gasteiger charge is -2.18. The minimum atomic E-state index is 0.0423. The highest BCUT2D eigenvalue weighted by Crippen LogP contribution is 2.38. The summed E-state index contributed by atoms with van der Waals surface area (Å²) in [6.45, 7) is 9.08. The molecular weight excluding hydrogens is 328 g/mol. The average Bonchev–Trinajstić information content (AvgIpc) is 2.61. The zero-order chi connectivity index (χ0) is 18.9. The van der Waals surface area contributed by atoms with Gasteiger partial charge in [0.1, 0.15) is 11.1 Å². The van der Waals surface area contributed by atoms with Gasteiger partial charge in [0.2, 0.25) is 0 Å². The van der Waals surface area contributed by atoms with Gasteiger partial charge in [0.15, 0.2) is 11.5 Å². The Morgan fingerprint density at radius 2 is 1.77 bits per heavy atom. The molecule has 0 fully saturated rings. The summed E-state index contributed by atoms with van der Waals surface area (Å²) in [6, 6.07) is 13.2. The maximum absolute atomic E-state index is 9.82. The molecule has 0 saturated carbocycles. The van der Waals surface area contributed by atoms with Crippen molar-refractivity contribution >= 4 is 11.0 Å². The second-order valence-electron chi connectivity index (χ2n) is 7.26. The number of aromatic hydroxyl groups is 1. The normalized spacial score (nSPS) is 11.6. The summed E-state index contributed by atoms with van der Waals surface area (Å²) in [5, 5.41) is 10.8. The number of benzene rings is 2. The molecule has 26 heavy (non-hydrogen) atoms. The molecule has 136 valence electrons. The van der Waals surface area contributed by atoms with E-state index in [9.17, 15) is 5.11 Å². The molecular formula is C22H25O4+. The van der Waals surface area contributed by atoms with Gasteiger partial charge in [-0.2, -0.15) is 0 Å².